The summed E-state index contributed by atoms with van der Waals surface area (Å²) in [7, 11) is 5.03. The van der Waals surface area contributed by atoms with Gasteiger partial charge in [0.2, 0.25) is 5.95 Å². The standard InChI is InChI=1S/C16H19N5O3/c1-10-12(9-18-16(19-10)20(2)3)14(22)21(4)13(15(23)24)11-6-5-7-17-8-11/h5-9,13H,1-4H3,(H,23,24)/t13-/m1/s1. The van der Waals surface area contributed by atoms with Crippen LogP contribution >= 0.6 is 0 Å². The zero-order valence-electron chi connectivity index (χ0n) is 14.0. The predicted molar refractivity (Wildman–Crippen MR) is 87.8 cm³/mol. The number of anilines is 1. The third kappa shape index (κ3) is 3.48. The number of hydrogen-bond acceptors (Lipinski definition) is 6. The fraction of sp³-hybridized carbons (Fsp3) is 0.312. The van der Waals surface area contributed by atoms with Crippen LogP contribution in [-0.2, 0) is 4.79 Å². The molecule has 1 atom stereocenters. The molecule has 0 fully saturated rings. The monoisotopic (exact) mass is 329 g/mol. The zero-order chi connectivity index (χ0) is 17.9. The molecule has 0 saturated carbocycles. The van der Waals surface area contributed by atoms with E-state index in [9.17, 15) is 14.7 Å². The molecule has 0 aliphatic carbocycles. The molecular formula is C16H19N5O3. The van der Waals surface area contributed by atoms with E-state index >= 15 is 0 Å². The SMILES string of the molecule is Cc1nc(N(C)C)ncc1C(=O)N(C)[C@@H](C(=O)O)c1cccnc1. The Morgan fingerprint density at radius 3 is 2.42 bits per heavy atom. The van der Waals surface area contributed by atoms with Gasteiger partial charge in [-0.15, -0.1) is 0 Å². The maximum atomic E-state index is 12.7. The van der Waals surface area contributed by atoms with Gasteiger partial charge >= 0.3 is 5.97 Å². The summed E-state index contributed by atoms with van der Waals surface area (Å²) < 4.78 is 0. The maximum absolute atomic E-state index is 12.7. The third-order valence-corrected chi connectivity index (χ3v) is 3.54. The molecule has 2 heterocycles. The number of nitrogens with zero attached hydrogens (tertiary/aromatic N) is 5. The Morgan fingerprint density at radius 2 is 1.92 bits per heavy atom. The van der Waals surface area contributed by atoms with Gasteiger partial charge in [-0.25, -0.2) is 14.8 Å². The van der Waals surface area contributed by atoms with Gasteiger partial charge in [0, 0.05) is 45.3 Å². The molecule has 126 valence electrons. The summed E-state index contributed by atoms with van der Waals surface area (Å²) in [6.45, 7) is 1.69. The second-order valence-electron chi connectivity index (χ2n) is 5.51. The van der Waals surface area contributed by atoms with Gasteiger partial charge in [-0.3, -0.25) is 9.78 Å². The molecule has 0 saturated heterocycles. The van der Waals surface area contributed by atoms with Crippen molar-refractivity contribution in [1.29, 1.82) is 0 Å². The van der Waals surface area contributed by atoms with Crippen LogP contribution in [0.5, 0.6) is 0 Å². The van der Waals surface area contributed by atoms with Gasteiger partial charge in [-0.05, 0) is 13.0 Å². The average molecular weight is 329 g/mol. The van der Waals surface area contributed by atoms with Crippen molar-refractivity contribution in [1.82, 2.24) is 19.9 Å². The quantitative estimate of drug-likeness (QED) is 0.878. The molecule has 24 heavy (non-hydrogen) atoms. The van der Waals surface area contributed by atoms with Gasteiger partial charge in [0.15, 0.2) is 6.04 Å². The second-order valence-corrected chi connectivity index (χ2v) is 5.51. The van der Waals surface area contributed by atoms with Crippen molar-refractivity contribution in [3.05, 3.63) is 47.5 Å². The highest BCUT2D eigenvalue weighted by Crippen LogP contribution is 2.22. The molecule has 8 nitrogen and oxygen atoms in total. The molecule has 0 aliphatic rings. The molecule has 2 aromatic rings. The van der Waals surface area contributed by atoms with Crippen LogP contribution < -0.4 is 4.90 Å². The largest absolute Gasteiger partial charge is 0.479 e. The van der Waals surface area contributed by atoms with Gasteiger partial charge in [0.25, 0.3) is 5.91 Å². The normalized spacial score (nSPS) is 11.7. The molecule has 0 radical (unpaired) electrons. The van der Waals surface area contributed by atoms with Crippen molar-refractivity contribution in [2.45, 2.75) is 13.0 Å². The number of amides is 1. The Labute approximate surface area is 139 Å². The summed E-state index contributed by atoms with van der Waals surface area (Å²) in [5.41, 5.74) is 1.17. The molecule has 2 aromatic heterocycles. The second kappa shape index (κ2) is 7.03. The summed E-state index contributed by atoms with van der Waals surface area (Å²) in [6.07, 6.45) is 4.39. The number of carbonyl (C=O) groups excluding carboxylic acids is 1. The Morgan fingerprint density at radius 1 is 1.21 bits per heavy atom. The number of aryl methyl sites for hydroxylation is 1. The molecular weight excluding hydrogens is 310 g/mol. The van der Waals surface area contributed by atoms with Gasteiger partial charge in [0.05, 0.1) is 11.3 Å². The van der Waals surface area contributed by atoms with Crippen LogP contribution in [0.15, 0.2) is 30.7 Å². The number of carboxylic acids is 1. The molecule has 0 bridgehead atoms. The number of hydrogen-bond donors (Lipinski definition) is 1. The molecule has 0 aliphatic heterocycles. The number of rotatable bonds is 5. The number of likely N-dealkylation sites (N-methyl/N-ethyl adjacent to an activating group) is 1. The van der Waals surface area contributed by atoms with Crippen LogP contribution in [0.3, 0.4) is 0 Å². The summed E-state index contributed by atoms with van der Waals surface area (Å²) in [5, 5.41) is 9.52. The van der Waals surface area contributed by atoms with Crippen LogP contribution in [0.2, 0.25) is 0 Å². The third-order valence-electron chi connectivity index (χ3n) is 3.54. The smallest absolute Gasteiger partial charge is 0.331 e. The van der Waals surface area contributed by atoms with Crippen molar-refractivity contribution in [2.75, 3.05) is 26.0 Å². The number of pyridine rings is 1. The lowest BCUT2D eigenvalue weighted by Crippen LogP contribution is -2.36. The summed E-state index contributed by atoms with van der Waals surface area (Å²) >= 11 is 0. The van der Waals surface area contributed by atoms with E-state index in [0.717, 1.165) is 4.90 Å². The van der Waals surface area contributed by atoms with Crippen LogP contribution in [0.25, 0.3) is 0 Å². The van der Waals surface area contributed by atoms with Crippen LogP contribution in [0.4, 0.5) is 5.95 Å². The Kier molecular flexibility index (Phi) is 5.08. The van der Waals surface area contributed by atoms with E-state index in [-0.39, 0.29) is 5.56 Å². The minimum absolute atomic E-state index is 0.262. The highest BCUT2D eigenvalue weighted by molar-refractivity contribution is 5.97. The molecule has 2 rings (SSSR count). The van der Waals surface area contributed by atoms with Crippen molar-refractivity contribution >= 4 is 17.8 Å². The summed E-state index contributed by atoms with van der Waals surface area (Å²) in [6, 6.07) is 2.11. The number of aromatic nitrogens is 3. The van der Waals surface area contributed by atoms with E-state index in [4.69, 9.17) is 0 Å². The van der Waals surface area contributed by atoms with Crippen molar-refractivity contribution in [3.8, 4) is 0 Å². The molecule has 8 heteroatoms. The molecule has 0 unspecified atom stereocenters. The van der Waals surface area contributed by atoms with E-state index in [1.807, 2.05) is 0 Å². The molecule has 0 spiro atoms. The lowest BCUT2D eigenvalue weighted by molar-refractivity contribution is -0.142. The number of carboxylic acid groups (broad SMARTS) is 1. The lowest BCUT2D eigenvalue weighted by atomic mass is 10.1. The highest BCUT2D eigenvalue weighted by atomic mass is 16.4. The first-order valence-corrected chi connectivity index (χ1v) is 7.23. The summed E-state index contributed by atoms with van der Waals surface area (Å²) in [4.78, 5) is 39.5. The first-order valence-electron chi connectivity index (χ1n) is 7.23. The van der Waals surface area contributed by atoms with Crippen molar-refractivity contribution < 1.29 is 14.7 Å². The number of carbonyl (C=O) groups is 2. The van der Waals surface area contributed by atoms with Gasteiger partial charge in [-0.1, -0.05) is 6.07 Å². The fourth-order valence-corrected chi connectivity index (χ4v) is 2.26. The maximum Gasteiger partial charge on any atom is 0.331 e. The van der Waals surface area contributed by atoms with E-state index in [2.05, 4.69) is 15.0 Å². The average Bonchev–Trinajstić information content (AvgIpc) is 2.54. The predicted octanol–water partition coefficient (Wildman–Crippen LogP) is 1.14. The summed E-state index contributed by atoms with van der Waals surface area (Å²) in [5.74, 6) is -1.12. The lowest BCUT2D eigenvalue weighted by Gasteiger charge is -2.25. The van der Waals surface area contributed by atoms with Crippen molar-refractivity contribution in [3.63, 3.8) is 0 Å². The minimum atomic E-state index is -1.14. The van der Waals surface area contributed by atoms with Gasteiger partial charge in [-0.2, -0.15) is 0 Å². The van der Waals surface area contributed by atoms with E-state index in [1.54, 1.807) is 44.2 Å². The van der Waals surface area contributed by atoms with Crippen molar-refractivity contribution in [2.24, 2.45) is 0 Å². The Hall–Kier alpha value is -3.03. The van der Waals surface area contributed by atoms with E-state index < -0.39 is 17.9 Å². The van der Waals surface area contributed by atoms with E-state index in [0.29, 0.717) is 17.2 Å². The molecule has 1 amide bonds. The molecule has 1 N–H and O–H groups in total. The minimum Gasteiger partial charge on any atom is -0.479 e. The Balaban J connectivity index is 2.35. The Bertz CT molecular complexity index is 749. The highest BCUT2D eigenvalue weighted by Gasteiger charge is 2.30. The van der Waals surface area contributed by atoms with Gasteiger partial charge < -0.3 is 14.9 Å². The first kappa shape index (κ1) is 17.3. The molecule has 0 aromatic carbocycles. The van der Waals surface area contributed by atoms with Crippen LogP contribution in [0.1, 0.15) is 27.7 Å². The van der Waals surface area contributed by atoms with Gasteiger partial charge in [0.1, 0.15) is 0 Å². The topological polar surface area (TPSA) is 99.5 Å². The fourth-order valence-electron chi connectivity index (χ4n) is 2.26. The van der Waals surface area contributed by atoms with Crippen LogP contribution in [0, 0.1) is 6.92 Å². The first-order chi connectivity index (χ1) is 11.3. The zero-order valence-corrected chi connectivity index (χ0v) is 14.0. The number of aliphatic carboxylic acids is 1. The van der Waals surface area contributed by atoms with E-state index in [1.165, 1.54) is 19.4 Å². The van der Waals surface area contributed by atoms with Crippen LogP contribution in [-0.4, -0.2) is 58.0 Å².